The van der Waals surface area contributed by atoms with Crippen molar-refractivity contribution in [2.24, 2.45) is 0 Å². The van der Waals surface area contributed by atoms with Gasteiger partial charge in [0.15, 0.2) is 0 Å². The third-order valence-electron chi connectivity index (χ3n) is 3.38. The van der Waals surface area contributed by atoms with E-state index in [1.165, 1.54) is 20.2 Å². The maximum Gasteiger partial charge on any atom is 0.0299 e. The standard InChI is InChI=1S/C16H24N2S2/c1-4-17-11-16-10-14(13(2)20-16)12-18(3)8-7-15-6-5-9-19-15/h5-6,9-10,17H,4,7-8,11-12H2,1-3H3. The van der Waals surface area contributed by atoms with Gasteiger partial charge in [0.1, 0.15) is 0 Å². The Kier molecular flexibility index (Phi) is 6.23. The number of likely N-dealkylation sites (N-methyl/N-ethyl adjacent to an activating group) is 1. The van der Waals surface area contributed by atoms with E-state index in [4.69, 9.17) is 0 Å². The fourth-order valence-corrected chi connectivity index (χ4v) is 3.93. The molecule has 0 radical (unpaired) electrons. The van der Waals surface area contributed by atoms with Gasteiger partial charge in [0.2, 0.25) is 0 Å². The van der Waals surface area contributed by atoms with Gasteiger partial charge in [0, 0.05) is 34.3 Å². The van der Waals surface area contributed by atoms with Crippen LogP contribution in [-0.2, 0) is 19.5 Å². The van der Waals surface area contributed by atoms with Crippen LogP contribution >= 0.6 is 22.7 Å². The van der Waals surface area contributed by atoms with Gasteiger partial charge in [0.05, 0.1) is 0 Å². The predicted molar refractivity (Wildman–Crippen MR) is 90.8 cm³/mol. The first-order valence-corrected chi connectivity index (χ1v) is 8.88. The lowest BCUT2D eigenvalue weighted by Crippen LogP contribution is -2.20. The number of nitrogens with one attached hydrogen (secondary N) is 1. The van der Waals surface area contributed by atoms with Crippen molar-refractivity contribution in [2.45, 2.75) is 33.4 Å². The van der Waals surface area contributed by atoms with Crippen LogP contribution in [0.15, 0.2) is 23.6 Å². The van der Waals surface area contributed by atoms with E-state index in [1.807, 2.05) is 22.7 Å². The summed E-state index contributed by atoms with van der Waals surface area (Å²) in [6, 6.07) is 6.73. The monoisotopic (exact) mass is 308 g/mol. The van der Waals surface area contributed by atoms with Crippen LogP contribution in [0.3, 0.4) is 0 Å². The molecule has 0 aliphatic carbocycles. The topological polar surface area (TPSA) is 15.3 Å². The SMILES string of the molecule is CCNCc1cc(CN(C)CCc2cccs2)c(C)s1. The van der Waals surface area contributed by atoms with E-state index < -0.39 is 0 Å². The van der Waals surface area contributed by atoms with Crippen LogP contribution < -0.4 is 5.32 Å². The average molecular weight is 309 g/mol. The lowest BCUT2D eigenvalue weighted by atomic mass is 10.2. The third-order valence-corrected chi connectivity index (χ3v) is 5.41. The molecule has 0 aliphatic heterocycles. The Morgan fingerprint density at radius 1 is 1.30 bits per heavy atom. The minimum absolute atomic E-state index is 1.00. The van der Waals surface area contributed by atoms with E-state index in [1.54, 1.807) is 0 Å². The van der Waals surface area contributed by atoms with Gasteiger partial charge in [-0.15, -0.1) is 22.7 Å². The largest absolute Gasteiger partial charge is 0.312 e. The molecule has 0 amide bonds. The van der Waals surface area contributed by atoms with E-state index >= 15 is 0 Å². The van der Waals surface area contributed by atoms with Crippen molar-refractivity contribution in [3.8, 4) is 0 Å². The van der Waals surface area contributed by atoms with Crippen molar-refractivity contribution in [3.05, 3.63) is 43.8 Å². The highest BCUT2D eigenvalue weighted by Gasteiger charge is 2.08. The van der Waals surface area contributed by atoms with Gasteiger partial charge in [-0.05, 0) is 50.0 Å². The van der Waals surface area contributed by atoms with Gasteiger partial charge in [0.25, 0.3) is 0 Å². The molecule has 2 rings (SSSR count). The van der Waals surface area contributed by atoms with Gasteiger partial charge < -0.3 is 10.2 Å². The summed E-state index contributed by atoms with van der Waals surface area (Å²) in [6.07, 6.45) is 1.15. The first kappa shape index (κ1) is 15.7. The van der Waals surface area contributed by atoms with Crippen LogP contribution in [0.2, 0.25) is 0 Å². The van der Waals surface area contributed by atoms with E-state index in [0.717, 1.165) is 32.6 Å². The lowest BCUT2D eigenvalue weighted by Gasteiger charge is -2.15. The summed E-state index contributed by atoms with van der Waals surface area (Å²) < 4.78 is 0. The minimum Gasteiger partial charge on any atom is -0.312 e. The first-order valence-electron chi connectivity index (χ1n) is 7.19. The quantitative estimate of drug-likeness (QED) is 0.795. The number of rotatable bonds is 8. The summed E-state index contributed by atoms with van der Waals surface area (Å²) in [5.41, 5.74) is 1.48. The second kappa shape index (κ2) is 7.93. The molecular formula is C16H24N2S2. The molecule has 0 unspecified atom stereocenters. The number of aryl methyl sites for hydroxylation is 1. The van der Waals surface area contributed by atoms with Crippen LogP contribution in [0.5, 0.6) is 0 Å². The Morgan fingerprint density at radius 3 is 2.85 bits per heavy atom. The summed E-state index contributed by atoms with van der Waals surface area (Å²) in [7, 11) is 2.22. The molecule has 2 heterocycles. The highest BCUT2D eigenvalue weighted by molar-refractivity contribution is 7.12. The number of hydrogen-bond donors (Lipinski definition) is 1. The normalized spacial score (nSPS) is 11.4. The summed E-state index contributed by atoms with van der Waals surface area (Å²) in [5, 5.41) is 5.56. The molecule has 0 bridgehead atoms. The maximum absolute atomic E-state index is 3.40. The van der Waals surface area contributed by atoms with E-state index in [9.17, 15) is 0 Å². The van der Waals surface area contributed by atoms with Gasteiger partial charge >= 0.3 is 0 Å². The Morgan fingerprint density at radius 2 is 2.15 bits per heavy atom. The minimum atomic E-state index is 1.00. The van der Waals surface area contributed by atoms with Crippen molar-refractivity contribution in [1.82, 2.24) is 10.2 Å². The van der Waals surface area contributed by atoms with E-state index in [0.29, 0.717) is 0 Å². The highest BCUT2D eigenvalue weighted by Crippen LogP contribution is 2.22. The fraction of sp³-hybridized carbons (Fsp3) is 0.500. The molecule has 0 fully saturated rings. The van der Waals surface area contributed by atoms with E-state index in [2.05, 4.69) is 54.7 Å². The van der Waals surface area contributed by atoms with Crippen molar-refractivity contribution >= 4 is 22.7 Å². The molecule has 0 atom stereocenters. The molecule has 0 aromatic carbocycles. The summed E-state index contributed by atoms with van der Waals surface area (Å²) in [5.74, 6) is 0. The highest BCUT2D eigenvalue weighted by atomic mass is 32.1. The van der Waals surface area contributed by atoms with Crippen LogP contribution in [-0.4, -0.2) is 25.0 Å². The smallest absolute Gasteiger partial charge is 0.0299 e. The molecular weight excluding hydrogens is 284 g/mol. The number of hydrogen-bond acceptors (Lipinski definition) is 4. The molecule has 0 saturated carbocycles. The Labute approximate surface area is 130 Å². The van der Waals surface area contributed by atoms with Crippen molar-refractivity contribution in [1.29, 1.82) is 0 Å². The fourth-order valence-electron chi connectivity index (χ4n) is 2.21. The third kappa shape index (κ3) is 4.70. The zero-order valence-electron chi connectivity index (χ0n) is 12.6. The Hall–Kier alpha value is -0.680. The van der Waals surface area contributed by atoms with E-state index in [-0.39, 0.29) is 0 Å². The van der Waals surface area contributed by atoms with Crippen LogP contribution in [0.25, 0.3) is 0 Å². The predicted octanol–water partition coefficient (Wildman–Crippen LogP) is 3.90. The van der Waals surface area contributed by atoms with Crippen molar-refractivity contribution < 1.29 is 0 Å². The molecule has 2 aromatic heterocycles. The zero-order valence-corrected chi connectivity index (χ0v) is 14.2. The molecule has 4 heteroatoms. The number of nitrogens with zero attached hydrogens (tertiary/aromatic N) is 1. The second-order valence-electron chi connectivity index (χ2n) is 5.14. The molecule has 0 spiro atoms. The zero-order chi connectivity index (χ0) is 14.4. The van der Waals surface area contributed by atoms with Gasteiger partial charge in [-0.25, -0.2) is 0 Å². The van der Waals surface area contributed by atoms with Crippen LogP contribution in [0, 0.1) is 6.92 Å². The maximum atomic E-state index is 3.40. The molecule has 0 aliphatic rings. The summed E-state index contributed by atoms with van der Waals surface area (Å²) in [6.45, 7) is 8.61. The average Bonchev–Trinajstić information content (AvgIpc) is 3.05. The lowest BCUT2D eigenvalue weighted by molar-refractivity contribution is 0.332. The van der Waals surface area contributed by atoms with Gasteiger partial charge in [-0.2, -0.15) is 0 Å². The van der Waals surface area contributed by atoms with Gasteiger partial charge in [-0.3, -0.25) is 0 Å². The molecule has 0 saturated heterocycles. The molecule has 20 heavy (non-hydrogen) atoms. The van der Waals surface area contributed by atoms with Crippen LogP contribution in [0.1, 0.15) is 27.1 Å². The van der Waals surface area contributed by atoms with Crippen molar-refractivity contribution in [3.63, 3.8) is 0 Å². The molecule has 110 valence electrons. The Bertz CT molecular complexity index is 503. The molecule has 2 aromatic rings. The Balaban J connectivity index is 1.83. The summed E-state index contributed by atoms with van der Waals surface area (Å²) >= 11 is 3.78. The van der Waals surface area contributed by atoms with Gasteiger partial charge in [-0.1, -0.05) is 13.0 Å². The molecule has 1 N–H and O–H groups in total. The molecule has 2 nitrogen and oxygen atoms in total. The summed E-state index contributed by atoms with van der Waals surface area (Å²) in [4.78, 5) is 6.81. The van der Waals surface area contributed by atoms with Crippen LogP contribution in [0.4, 0.5) is 0 Å². The van der Waals surface area contributed by atoms with Crippen molar-refractivity contribution in [2.75, 3.05) is 20.1 Å². The first-order chi connectivity index (χ1) is 9.69. The second-order valence-corrected chi connectivity index (χ2v) is 7.51. The number of thiophene rings is 2.